The Kier molecular flexibility index (Phi) is 3.79. The molecule has 0 aliphatic carbocycles. The summed E-state index contributed by atoms with van der Waals surface area (Å²) in [4.78, 5) is 18.1. The van der Waals surface area contributed by atoms with Gasteiger partial charge in [-0.2, -0.15) is 0 Å². The first-order chi connectivity index (χ1) is 8.15. The first-order valence-electron chi connectivity index (χ1n) is 5.67. The third kappa shape index (κ3) is 2.35. The fourth-order valence-electron chi connectivity index (χ4n) is 2.22. The summed E-state index contributed by atoms with van der Waals surface area (Å²) >= 11 is 3.33. The molecule has 0 aromatic carbocycles. The van der Waals surface area contributed by atoms with E-state index in [-0.39, 0.29) is 18.6 Å². The zero-order valence-corrected chi connectivity index (χ0v) is 11.2. The van der Waals surface area contributed by atoms with Crippen molar-refractivity contribution < 1.29 is 9.90 Å². The van der Waals surface area contributed by atoms with Gasteiger partial charge in [-0.1, -0.05) is 6.92 Å². The molecule has 5 heteroatoms. The minimum absolute atomic E-state index is 0.0113. The molecule has 1 aromatic heterocycles. The van der Waals surface area contributed by atoms with Crippen molar-refractivity contribution in [3.63, 3.8) is 0 Å². The molecule has 0 radical (unpaired) electrons. The molecular weight excluding hydrogens is 284 g/mol. The van der Waals surface area contributed by atoms with Crippen LogP contribution < -0.4 is 0 Å². The average Bonchev–Trinajstić information content (AvgIpc) is 2.70. The molecule has 1 fully saturated rings. The van der Waals surface area contributed by atoms with Gasteiger partial charge in [-0.3, -0.25) is 4.79 Å². The Labute approximate surface area is 109 Å². The van der Waals surface area contributed by atoms with E-state index in [4.69, 9.17) is 0 Å². The highest BCUT2D eigenvalue weighted by Crippen LogP contribution is 2.26. The second-order valence-corrected chi connectivity index (χ2v) is 5.20. The fourth-order valence-corrected chi connectivity index (χ4v) is 2.64. The predicted molar refractivity (Wildman–Crippen MR) is 67.6 cm³/mol. The van der Waals surface area contributed by atoms with Gasteiger partial charge >= 0.3 is 0 Å². The van der Waals surface area contributed by atoms with Gasteiger partial charge in [0.1, 0.15) is 5.69 Å². The zero-order chi connectivity index (χ0) is 12.4. The molecule has 1 aromatic rings. The Balaban J connectivity index is 2.24. The summed E-state index contributed by atoms with van der Waals surface area (Å²) in [7, 11) is 0. The van der Waals surface area contributed by atoms with E-state index in [0.717, 1.165) is 6.42 Å². The zero-order valence-electron chi connectivity index (χ0n) is 9.64. The number of nitrogens with zero attached hydrogens (tertiary/aromatic N) is 2. The summed E-state index contributed by atoms with van der Waals surface area (Å²) in [5, 5.41) is 9.35. The number of hydrogen-bond donors (Lipinski definition) is 1. The van der Waals surface area contributed by atoms with Crippen LogP contribution in [-0.4, -0.2) is 40.1 Å². The topological polar surface area (TPSA) is 53.4 Å². The van der Waals surface area contributed by atoms with E-state index in [1.165, 1.54) is 0 Å². The van der Waals surface area contributed by atoms with Crippen LogP contribution in [0.15, 0.2) is 22.8 Å². The minimum Gasteiger partial charge on any atom is -0.394 e. The standard InChI is InChI=1S/C12H15BrN2O2/c1-8-4-6-15(10(8)7-16)12(17)11-9(13)3-2-5-14-11/h2-3,5,8,10,16H,4,6-7H2,1H3. The van der Waals surface area contributed by atoms with Gasteiger partial charge in [0.05, 0.1) is 12.6 Å². The molecular formula is C12H15BrN2O2. The summed E-state index contributed by atoms with van der Waals surface area (Å²) in [5.41, 5.74) is 0.417. The summed E-state index contributed by atoms with van der Waals surface area (Å²) < 4.78 is 0.696. The predicted octanol–water partition coefficient (Wildman–Crippen LogP) is 1.69. The number of pyridine rings is 1. The Morgan fingerprint density at radius 3 is 3.12 bits per heavy atom. The van der Waals surface area contributed by atoms with Crippen molar-refractivity contribution >= 4 is 21.8 Å². The molecule has 1 aliphatic rings. The SMILES string of the molecule is CC1CCN(C(=O)c2ncccc2Br)C1CO. The summed E-state index contributed by atoms with van der Waals surface area (Å²) in [6.07, 6.45) is 2.53. The highest BCUT2D eigenvalue weighted by Gasteiger charge is 2.35. The number of aromatic nitrogens is 1. The Bertz CT molecular complexity index is 425. The maximum Gasteiger partial charge on any atom is 0.273 e. The highest BCUT2D eigenvalue weighted by molar-refractivity contribution is 9.10. The van der Waals surface area contributed by atoms with Crippen LogP contribution in [0.2, 0.25) is 0 Å². The molecule has 0 spiro atoms. The van der Waals surface area contributed by atoms with E-state index < -0.39 is 0 Å². The first-order valence-corrected chi connectivity index (χ1v) is 6.46. The third-order valence-corrected chi connectivity index (χ3v) is 3.93. The van der Waals surface area contributed by atoms with E-state index in [9.17, 15) is 9.90 Å². The maximum absolute atomic E-state index is 12.3. The van der Waals surface area contributed by atoms with Gasteiger partial charge in [-0.15, -0.1) is 0 Å². The van der Waals surface area contributed by atoms with Crippen molar-refractivity contribution in [1.29, 1.82) is 0 Å². The Hall–Kier alpha value is -0.940. The third-order valence-electron chi connectivity index (χ3n) is 3.29. The fraction of sp³-hybridized carbons (Fsp3) is 0.500. The normalized spacial score (nSPS) is 24.1. The number of carbonyl (C=O) groups is 1. The Morgan fingerprint density at radius 1 is 1.71 bits per heavy atom. The number of hydrogen-bond acceptors (Lipinski definition) is 3. The summed E-state index contributed by atoms with van der Waals surface area (Å²) in [6.45, 7) is 2.76. The van der Waals surface area contributed by atoms with E-state index in [0.29, 0.717) is 22.6 Å². The number of amides is 1. The minimum atomic E-state index is -0.110. The molecule has 92 valence electrons. The van der Waals surface area contributed by atoms with Crippen molar-refractivity contribution in [2.75, 3.05) is 13.2 Å². The van der Waals surface area contributed by atoms with Crippen LogP contribution in [0.4, 0.5) is 0 Å². The van der Waals surface area contributed by atoms with Gasteiger partial charge in [0.25, 0.3) is 5.91 Å². The molecule has 2 unspecified atom stereocenters. The van der Waals surface area contributed by atoms with Crippen LogP contribution in [0.25, 0.3) is 0 Å². The van der Waals surface area contributed by atoms with Crippen LogP contribution in [0.5, 0.6) is 0 Å². The van der Waals surface area contributed by atoms with Crippen LogP contribution in [-0.2, 0) is 0 Å². The number of carbonyl (C=O) groups excluding carboxylic acids is 1. The number of aliphatic hydroxyl groups is 1. The van der Waals surface area contributed by atoms with Gasteiger partial charge in [0.15, 0.2) is 0 Å². The van der Waals surface area contributed by atoms with Crippen LogP contribution in [0.3, 0.4) is 0 Å². The largest absolute Gasteiger partial charge is 0.394 e. The van der Waals surface area contributed by atoms with Crippen LogP contribution in [0, 0.1) is 5.92 Å². The second-order valence-electron chi connectivity index (χ2n) is 4.35. The molecule has 1 saturated heterocycles. The van der Waals surface area contributed by atoms with Gasteiger partial charge in [0, 0.05) is 17.2 Å². The number of rotatable bonds is 2. The average molecular weight is 299 g/mol. The van der Waals surface area contributed by atoms with E-state index in [2.05, 4.69) is 27.8 Å². The van der Waals surface area contributed by atoms with Gasteiger partial charge in [-0.25, -0.2) is 4.98 Å². The molecule has 2 atom stereocenters. The lowest BCUT2D eigenvalue weighted by Crippen LogP contribution is -2.40. The van der Waals surface area contributed by atoms with E-state index in [1.807, 2.05) is 0 Å². The van der Waals surface area contributed by atoms with E-state index in [1.54, 1.807) is 23.2 Å². The number of aliphatic hydroxyl groups excluding tert-OH is 1. The molecule has 0 saturated carbocycles. The lowest BCUT2D eigenvalue weighted by atomic mass is 10.0. The molecule has 2 rings (SSSR count). The number of halogens is 1. The lowest BCUT2D eigenvalue weighted by Gasteiger charge is -2.25. The maximum atomic E-state index is 12.3. The van der Waals surface area contributed by atoms with Crippen LogP contribution >= 0.6 is 15.9 Å². The molecule has 4 nitrogen and oxygen atoms in total. The van der Waals surface area contributed by atoms with Crippen molar-refractivity contribution in [1.82, 2.24) is 9.88 Å². The molecule has 17 heavy (non-hydrogen) atoms. The highest BCUT2D eigenvalue weighted by atomic mass is 79.9. The van der Waals surface area contributed by atoms with Crippen LogP contribution in [0.1, 0.15) is 23.8 Å². The van der Waals surface area contributed by atoms with Gasteiger partial charge < -0.3 is 10.0 Å². The first kappa shape index (κ1) is 12.5. The van der Waals surface area contributed by atoms with Crippen molar-refractivity contribution in [2.24, 2.45) is 5.92 Å². The second kappa shape index (κ2) is 5.14. The summed E-state index contributed by atoms with van der Waals surface area (Å²) in [5.74, 6) is 0.229. The quantitative estimate of drug-likeness (QED) is 0.904. The summed E-state index contributed by atoms with van der Waals surface area (Å²) in [6, 6.07) is 3.49. The van der Waals surface area contributed by atoms with Crippen molar-refractivity contribution in [3.8, 4) is 0 Å². The molecule has 1 amide bonds. The van der Waals surface area contributed by atoms with Gasteiger partial charge in [-0.05, 0) is 40.4 Å². The molecule has 0 bridgehead atoms. The number of likely N-dealkylation sites (tertiary alicyclic amines) is 1. The van der Waals surface area contributed by atoms with E-state index >= 15 is 0 Å². The Morgan fingerprint density at radius 2 is 2.47 bits per heavy atom. The molecule has 1 N–H and O–H groups in total. The van der Waals surface area contributed by atoms with Crippen molar-refractivity contribution in [3.05, 3.63) is 28.5 Å². The molecule has 2 heterocycles. The monoisotopic (exact) mass is 298 g/mol. The lowest BCUT2D eigenvalue weighted by molar-refractivity contribution is 0.0641. The smallest absolute Gasteiger partial charge is 0.273 e. The molecule has 1 aliphatic heterocycles. The van der Waals surface area contributed by atoms with Gasteiger partial charge in [0.2, 0.25) is 0 Å². The van der Waals surface area contributed by atoms with Crippen molar-refractivity contribution in [2.45, 2.75) is 19.4 Å².